The molecule has 9 heteroatoms. The van der Waals surface area contributed by atoms with Crippen LogP contribution in [0.2, 0.25) is 0 Å². The third-order valence-corrected chi connectivity index (χ3v) is 6.78. The number of alkyl halides is 1. The molecular formula is C22H18FN7S. The molecule has 154 valence electrons. The SMILES string of the molecule is [C-]#[N+]c1ccc2ncc3nc(Cc4cn5nc(C)sc5n4)n(C4CCC(F)C4)c3c2c1. The summed E-state index contributed by atoms with van der Waals surface area (Å²) in [4.78, 5) is 18.6. The molecule has 7 nitrogen and oxygen atoms in total. The molecule has 1 saturated carbocycles. The number of aryl methyl sites for hydroxylation is 1. The summed E-state index contributed by atoms with van der Waals surface area (Å²) in [6.07, 6.45) is 5.24. The number of rotatable bonds is 3. The van der Waals surface area contributed by atoms with E-state index in [1.54, 1.807) is 28.1 Å². The molecule has 5 aromatic rings. The second-order valence-corrected chi connectivity index (χ2v) is 9.18. The van der Waals surface area contributed by atoms with Gasteiger partial charge in [-0.25, -0.2) is 23.7 Å². The van der Waals surface area contributed by atoms with Crippen molar-refractivity contribution in [1.29, 1.82) is 0 Å². The van der Waals surface area contributed by atoms with Crippen LogP contribution in [0.3, 0.4) is 0 Å². The van der Waals surface area contributed by atoms with Gasteiger partial charge in [-0.2, -0.15) is 5.10 Å². The number of aromatic nitrogens is 6. The quantitative estimate of drug-likeness (QED) is 0.368. The first-order valence-electron chi connectivity index (χ1n) is 10.2. The van der Waals surface area contributed by atoms with E-state index in [0.29, 0.717) is 24.9 Å². The van der Waals surface area contributed by atoms with E-state index in [-0.39, 0.29) is 6.04 Å². The van der Waals surface area contributed by atoms with Crippen LogP contribution in [-0.2, 0) is 6.42 Å². The van der Waals surface area contributed by atoms with Crippen LogP contribution in [0.15, 0.2) is 30.6 Å². The highest BCUT2D eigenvalue weighted by Gasteiger charge is 2.30. The number of pyridine rings is 1. The molecule has 1 fully saturated rings. The molecule has 31 heavy (non-hydrogen) atoms. The number of benzene rings is 1. The molecule has 0 spiro atoms. The van der Waals surface area contributed by atoms with Crippen LogP contribution >= 0.6 is 11.3 Å². The molecule has 4 heterocycles. The Morgan fingerprint density at radius 3 is 2.94 bits per heavy atom. The van der Waals surface area contributed by atoms with Crippen molar-refractivity contribution in [3.63, 3.8) is 0 Å². The van der Waals surface area contributed by atoms with Gasteiger partial charge in [0.25, 0.3) is 0 Å². The summed E-state index contributed by atoms with van der Waals surface area (Å²) in [7, 11) is 0. The molecule has 1 aliphatic rings. The lowest BCUT2D eigenvalue weighted by Crippen LogP contribution is -2.11. The van der Waals surface area contributed by atoms with Crippen LogP contribution in [0.1, 0.15) is 41.8 Å². The number of halogens is 1. The fraction of sp³-hybridized carbons (Fsp3) is 0.318. The van der Waals surface area contributed by atoms with Crippen molar-refractivity contribution in [3.8, 4) is 0 Å². The van der Waals surface area contributed by atoms with Crippen LogP contribution in [0.4, 0.5) is 10.1 Å². The van der Waals surface area contributed by atoms with E-state index in [1.807, 2.05) is 25.3 Å². The van der Waals surface area contributed by atoms with Gasteiger partial charge in [-0.1, -0.05) is 17.4 Å². The van der Waals surface area contributed by atoms with Gasteiger partial charge in [-0.15, -0.1) is 0 Å². The number of hydrogen-bond donors (Lipinski definition) is 0. The third-order valence-electron chi connectivity index (χ3n) is 5.94. The zero-order valence-electron chi connectivity index (χ0n) is 16.8. The predicted molar refractivity (Wildman–Crippen MR) is 117 cm³/mol. The Labute approximate surface area is 181 Å². The van der Waals surface area contributed by atoms with Gasteiger partial charge in [0.1, 0.15) is 22.5 Å². The van der Waals surface area contributed by atoms with Crippen LogP contribution in [-0.4, -0.2) is 35.3 Å². The molecule has 1 aromatic carbocycles. The maximum absolute atomic E-state index is 14.2. The molecule has 6 rings (SSSR count). The lowest BCUT2D eigenvalue weighted by Gasteiger charge is -2.17. The van der Waals surface area contributed by atoms with Gasteiger partial charge in [0.2, 0.25) is 4.96 Å². The summed E-state index contributed by atoms with van der Waals surface area (Å²) in [6.45, 7) is 9.36. The van der Waals surface area contributed by atoms with Crippen molar-refractivity contribution in [2.45, 2.75) is 44.8 Å². The Bertz CT molecular complexity index is 1470. The van der Waals surface area contributed by atoms with Gasteiger partial charge < -0.3 is 4.57 Å². The van der Waals surface area contributed by atoms with E-state index in [9.17, 15) is 4.39 Å². The highest BCUT2D eigenvalue weighted by atomic mass is 32.1. The lowest BCUT2D eigenvalue weighted by atomic mass is 10.1. The van der Waals surface area contributed by atoms with E-state index >= 15 is 0 Å². The van der Waals surface area contributed by atoms with E-state index in [4.69, 9.17) is 16.5 Å². The molecule has 0 radical (unpaired) electrons. The molecule has 0 aliphatic heterocycles. The minimum absolute atomic E-state index is 0.0290. The van der Waals surface area contributed by atoms with Gasteiger partial charge in [-0.3, -0.25) is 4.98 Å². The average Bonchev–Trinajstić information content (AvgIpc) is 3.50. The van der Waals surface area contributed by atoms with Crippen LogP contribution in [0.25, 0.3) is 31.7 Å². The lowest BCUT2D eigenvalue weighted by molar-refractivity contribution is 0.330. The van der Waals surface area contributed by atoms with Crippen LogP contribution in [0.5, 0.6) is 0 Å². The second-order valence-electron chi connectivity index (χ2n) is 8.02. The number of nitrogens with zero attached hydrogens (tertiary/aromatic N) is 7. The van der Waals surface area contributed by atoms with Gasteiger partial charge >= 0.3 is 0 Å². The van der Waals surface area contributed by atoms with Crippen molar-refractivity contribution in [2.24, 2.45) is 0 Å². The summed E-state index contributed by atoms with van der Waals surface area (Å²) in [6, 6.07) is 5.53. The molecule has 0 bridgehead atoms. The Morgan fingerprint density at radius 1 is 1.26 bits per heavy atom. The summed E-state index contributed by atoms with van der Waals surface area (Å²) in [5.74, 6) is 0.846. The van der Waals surface area contributed by atoms with Crippen LogP contribution in [0, 0.1) is 13.5 Å². The summed E-state index contributed by atoms with van der Waals surface area (Å²) in [5, 5.41) is 6.30. The maximum atomic E-state index is 14.2. The van der Waals surface area contributed by atoms with Crippen molar-refractivity contribution >= 4 is 43.9 Å². The maximum Gasteiger partial charge on any atom is 0.212 e. The van der Waals surface area contributed by atoms with Gasteiger partial charge in [-0.05, 0) is 38.3 Å². The minimum atomic E-state index is -0.799. The van der Waals surface area contributed by atoms with Crippen molar-refractivity contribution in [3.05, 3.63) is 58.5 Å². The molecule has 4 aromatic heterocycles. The van der Waals surface area contributed by atoms with E-state index < -0.39 is 6.17 Å². The number of fused-ring (bicyclic) bond motifs is 4. The van der Waals surface area contributed by atoms with E-state index in [2.05, 4.69) is 19.5 Å². The molecule has 0 N–H and O–H groups in total. The van der Waals surface area contributed by atoms with Crippen molar-refractivity contribution in [2.75, 3.05) is 0 Å². The zero-order valence-corrected chi connectivity index (χ0v) is 17.6. The molecular weight excluding hydrogens is 413 g/mol. The Kier molecular flexibility index (Phi) is 4.05. The fourth-order valence-electron chi connectivity index (χ4n) is 4.63. The highest BCUT2D eigenvalue weighted by molar-refractivity contribution is 7.16. The summed E-state index contributed by atoms with van der Waals surface area (Å²) in [5.41, 5.74) is 3.94. The van der Waals surface area contributed by atoms with Gasteiger partial charge in [0.05, 0.1) is 35.7 Å². The van der Waals surface area contributed by atoms with E-state index in [0.717, 1.165) is 49.8 Å². The Hall–Kier alpha value is -3.38. The van der Waals surface area contributed by atoms with Gasteiger partial charge in [0, 0.05) is 17.8 Å². The predicted octanol–water partition coefficient (Wildman–Crippen LogP) is 5.20. The first-order chi connectivity index (χ1) is 15.1. The van der Waals surface area contributed by atoms with Crippen molar-refractivity contribution < 1.29 is 4.39 Å². The van der Waals surface area contributed by atoms with Crippen molar-refractivity contribution in [1.82, 2.24) is 29.1 Å². The standard InChI is InChI=1S/C22H18FN7S/c1-12-28-29-11-15(26-22(29)31-12)9-20-27-19-10-25-18-6-4-14(24-2)8-17(18)21(19)30(20)16-5-3-13(23)7-16/h4,6,8,10-11,13,16H,3,5,7,9H2,1H3. The van der Waals surface area contributed by atoms with E-state index in [1.165, 1.54) is 0 Å². The fourth-order valence-corrected chi connectivity index (χ4v) is 5.37. The first kappa shape index (κ1) is 18.4. The summed E-state index contributed by atoms with van der Waals surface area (Å²) < 4.78 is 18.2. The minimum Gasteiger partial charge on any atom is -0.324 e. The van der Waals surface area contributed by atoms with Crippen LogP contribution < -0.4 is 0 Å². The average molecular weight is 432 g/mol. The largest absolute Gasteiger partial charge is 0.324 e. The first-order valence-corrected chi connectivity index (χ1v) is 11.0. The molecule has 2 unspecified atom stereocenters. The molecule has 1 aliphatic carbocycles. The number of imidazole rings is 2. The van der Waals surface area contributed by atoms with Gasteiger partial charge in [0.15, 0.2) is 5.69 Å². The molecule has 0 saturated heterocycles. The molecule has 0 amide bonds. The Morgan fingerprint density at radius 2 is 2.16 bits per heavy atom. The normalized spacial score (nSPS) is 19.0. The Balaban J connectivity index is 1.56. The highest BCUT2D eigenvalue weighted by Crippen LogP contribution is 2.38. The topological polar surface area (TPSA) is 65.3 Å². The second kappa shape index (κ2) is 6.82. The molecule has 2 atom stereocenters. The smallest absolute Gasteiger partial charge is 0.212 e. The zero-order chi connectivity index (χ0) is 21.1. The third kappa shape index (κ3) is 2.98. The summed E-state index contributed by atoms with van der Waals surface area (Å²) >= 11 is 1.55. The number of hydrogen-bond acceptors (Lipinski definition) is 5. The monoisotopic (exact) mass is 431 g/mol.